The molecule has 0 aromatic heterocycles. The van der Waals surface area contributed by atoms with Gasteiger partial charge in [0.2, 0.25) is 0 Å². The molecule has 0 amide bonds. The van der Waals surface area contributed by atoms with Gasteiger partial charge in [0.05, 0.1) is 19.3 Å². The summed E-state index contributed by atoms with van der Waals surface area (Å²) in [7, 11) is 1.61. The molecular formula is C16H23NO3. The van der Waals surface area contributed by atoms with Gasteiger partial charge < -0.3 is 14.4 Å². The average molecular weight is 277 g/mol. The fourth-order valence-electron chi connectivity index (χ4n) is 2.58. The topological polar surface area (TPSA) is 38.8 Å². The molecular weight excluding hydrogens is 254 g/mol. The molecule has 1 aliphatic rings. The summed E-state index contributed by atoms with van der Waals surface area (Å²) in [5.41, 5.74) is 0.681. The molecule has 1 atom stereocenters. The van der Waals surface area contributed by atoms with E-state index in [4.69, 9.17) is 9.47 Å². The molecule has 1 aliphatic heterocycles. The minimum Gasteiger partial charge on any atom is -0.497 e. The lowest BCUT2D eigenvalue weighted by molar-refractivity contribution is 0.0877. The fraction of sp³-hybridized carbons (Fsp3) is 0.562. The molecule has 0 saturated heterocycles. The van der Waals surface area contributed by atoms with Gasteiger partial charge in [-0.2, -0.15) is 0 Å². The second kappa shape index (κ2) is 6.75. The first-order chi connectivity index (χ1) is 9.69. The summed E-state index contributed by atoms with van der Waals surface area (Å²) in [6.45, 7) is 7.58. The van der Waals surface area contributed by atoms with Crippen molar-refractivity contribution in [3.63, 3.8) is 0 Å². The van der Waals surface area contributed by atoms with E-state index in [9.17, 15) is 4.79 Å². The van der Waals surface area contributed by atoms with E-state index in [1.807, 2.05) is 12.1 Å². The Morgan fingerprint density at radius 3 is 2.75 bits per heavy atom. The quantitative estimate of drug-likeness (QED) is 0.829. The number of methoxy groups -OCH3 is 1. The minimum absolute atomic E-state index is 0.0181. The fourth-order valence-corrected chi connectivity index (χ4v) is 2.58. The number of nitrogens with zero attached hydrogens (tertiary/aromatic N) is 1. The Balaban J connectivity index is 2.21. The molecule has 0 saturated carbocycles. The van der Waals surface area contributed by atoms with Gasteiger partial charge in [-0.3, -0.25) is 4.79 Å². The first kappa shape index (κ1) is 14.9. The zero-order valence-electron chi connectivity index (χ0n) is 12.5. The second-order valence-electron chi connectivity index (χ2n) is 5.05. The molecule has 110 valence electrons. The van der Waals surface area contributed by atoms with Gasteiger partial charge in [0, 0.05) is 18.5 Å². The van der Waals surface area contributed by atoms with Crippen molar-refractivity contribution in [2.75, 3.05) is 33.4 Å². The number of Topliss-reactive ketones (excluding diaryl/α,β-unsaturated/α-hetero) is 1. The summed E-state index contributed by atoms with van der Waals surface area (Å²) in [6, 6.07) is 5.43. The molecule has 1 heterocycles. The predicted octanol–water partition coefficient (Wildman–Crippen LogP) is 2.62. The van der Waals surface area contributed by atoms with Gasteiger partial charge in [0.1, 0.15) is 11.5 Å². The molecule has 4 nitrogen and oxygen atoms in total. The molecule has 0 spiro atoms. The third-order valence-corrected chi connectivity index (χ3v) is 3.92. The third-order valence-electron chi connectivity index (χ3n) is 3.92. The lowest BCUT2D eigenvalue weighted by Crippen LogP contribution is -2.33. The van der Waals surface area contributed by atoms with Gasteiger partial charge in [-0.1, -0.05) is 13.8 Å². The molecule has 2 rings (SSSR count). The van der Waals surface area contributed by atoms with Crippen LogP contribution in [0.1, 0.15) is 30.6 Å². The summed E-state index contributed by atoms with van der Waals surface area (Å²) in [5.74, 6) is 1.58. The lowest BCUT2D eigenvalue weighted by Gasteiger charge is -2.23. The maximum Gasteiger partial charge on any atom is 0.171 e. The summed E-state index contributed by atoms with van der Waals surface area (Å²) in [6.07, 6.45) is 0.770. The Morgan fingerprint density at radius 2 is 2.10 bits per heavy atom. The first-order valence-corrected chi connectivity index (χ1v) is 7.27. The van der Waals surface area contributed by atoms with E-state index in [-0.39, 0.29) is 11.7 Å². The van der Waals surface area contributed by atoms with Crippen LogP contribution >= 0.6 is 0 Å². The van der Waals surface area contributed by atoms with Crippen LogP contribution in [-0.4, -0.2) is 44.0 Å². The molecule has 0 fully saturated rings. The van der Waals surface area contributed by atoms with Crippen molar-refractivity contribution < 1.29 is 14.3 Å². The molecule has 1 unspecified atom stereocenters. The van der Waals surface area contributed by atoms with Gasteiger partial charge in [-0.15, -0.1) is 0 Å². The van der Waals surface area contributed by atoms with Crippen LogP contribution in [0, 0.1) is 5.92 Å². The summed E-state index contributed by atoms with van der Waals surface area (Å²) in [4.78, 5) is 14.9. The highest BCUT2D eigenvalue weighted by molar-refractivity contribution is 6.01. The summed E-state index contributed by atoms with van der Waals surface area (Å²) >= 11 is 0. The van der Waals surface area contributed by atoms with Gasteiger partial charge in [0.25, 0.3) is 0 Å². The van der Waals surface area contributed by atoms with Crippen LogP contribution in [0.15, 0.2) is 18.2 Å². The minimum atomic E-state index is 0.0181. The average Bonchev–Trinajstić information content (AvgIpc) is 2.64. The molecule has 0 aliphatic carbocycles. The van der Waals surface area contributed by atoms with Crippen molar-refractivity contribution >= 4 is 5.78 Å². The zero-order valence-corrected chi connectivity index (χ0v) is 12.5. The van der Waals surface area contributed by atoms with Gasteiger partial charge in [-0.25, -0.2) is 0 Å². The van der Waals surface area contributed by atoms with Crippen molar-refractivity contribution in [3.05, 3.63) is 23.8 Å². The maximum absolute atomic E-state index is 12.7. The molecule has 1 aromatic carbocycles. The van der Waals surface area contributed by atoms with E-state index in [1.54, 1.807) is 13.2 Å². The largest absolute Gasteiger partial charge is 0.497 e. The number of benzene rings is 1. The van der Waals surface area contributed by atoms with Crippen molar-refractivity contribution in [3.8, 4) is 11.5 Å². The van der Waals surface area contributed by atoms with Crippen molar-refractivity contribution in [1.82, 2.24) is 4.90 Å². The second-order valence-corrected chi connectivity index (χ2v) is 5.05. The SMILES string of the molecule is CCN(CC)CC1CCOc2cc(OC)ccc2C1=O. The molecule has 4 heteroatoms. The number of rotatable bonds is 5. The van der Waals surface area contributed by atoms with Crippen LogP contribution in [0.4, 0.5) is 0 Å². The highest BCUT2D eigenvalue weighted by Crippen LogP contribution is 2.30. The number of ketones is 1. The standard InChI is InChI=1S/C16H23NO3/c1-4-17(5-2)11-12-8-9-20-15-10-13(19-3)6-7-14(15)16(12)18/h6-7,10,12H,4-5,8-9,11H2,1-3H3. The van der Waals surface area contributed by atoms with Crippen LogP contribution < -0.4 is 9.47 Å². The van der Waals surface area contributed by atoms with E-state index >= 15 is 0 Å². The lowest BCUT2D eigenvalue weighted by atomic mass is 9.94. The molecule has 0 bridgehead atoms. The van der Waals surface area contributed by atoms with E-state index in [2.05, 4.69) is 18.7 Å². The van der Waals surface area contributed by atoms with E-state index in [0.29, 0.717) is 17.9 Å². The van der Waals surface area contributed by atoms with Crippen molar-refractivity contribution in [2.24, 2.45) is 5.92 Å². The van der Waals surface area contributed by atoms with Crippen LogP contribution in [0.5, 0.6) is 11.5 Å². The molecule has 0 radical (unpaired) electrons. The third kappa shape index (κ3) is 3.12. The summed E-state index contributed by atoms with van der Waals surface area (Å²) in [5, 5.41) is 0. The van der Waals surface area contributed by atoms with Gasteiger partial charge in [0.15, 0.2) is 5.78 Å². The smallest absolute Gasteiger partial charge is 0.171 e. The molecule has 20 heavy (non-hydrogen) atoms. The van der Waals surface area contributed by atoms with Crippen LogP contribution in [-0.2, 0) is 0 Å². The number of carbonyl (C=O) groups excluding carboxylic acids is 1. The molecule has 0 N–H and O–H groups in total. The van der Waals surface area contributed by atoms with E-state index < -0.39 is 0 Å². The molecule has 1 aromatic rings. The predicted molar refractivity (Wildman–Crippen MR) is 78.7 cm³/mol. The number of fused-ring (bicyclic) bond motifs is 1. The Labute approximate surface area is 120 Å². The Bertz CT molecular complexity index is 469. The summed E-state index contributed by atoms with van der Waals surface area (Å²) < 4.78 is 10.9. The van der Waals surface area contributed by atoms with Crippen LogP contribution in [0.3, 0.4) is 0 Å². The van der Waals surface area contributed by atoms with Gasteiger partial charge >= 0.3 is 0 Å². The van der Waals surface area contributed by atoms with E-state index in [0.717, 1.165) is 31.8 Å². The van der Waals surface area contributed by atoms with E-state index in [1.165, 1.54) is 0 Å². The Kier molecular flexibility index (Phi) is 5.01. The zero-order chi connectivity index (χ0) is 14.5. The van der Waals surface area contributed by atoms with Gasteiger partial charge in [-0.05, 0) is 31.6 Å². The highest BCUT2D eigenvalue weighted by Gasteiger charge is 2.27. The maximum atomic E-state index is 12.7. The number of carbonyl (C=O) groups is 1. The number of hydrogen-bond donors (Lipinski definition) is 0. The number of ether oxygens (including phenoxy) is 2. The monoisotopic (exact) mass is 277 g/mol. The van der Waals surface area contributed by atoms with Crippen LogP contribution in [0.25, 0.3) is 0 Å². The van der Waals surface area contributed by atoms with Crippen LogP contribution in [0.2, 0.25) is 0 Å². The van der Waals surface area contributed by atoms with Crippen molar-refractivity contribution in [2.45, 2.75) is 20.3 Å². The van der Waals surface area contributed by atoms with Crippen molar-refractivity contribution in [1.29, 1.82) is 0 Å². The normalized spacial score (nSPS) is 18.4. The first-order valence-electron chi connectivity index (χ1n) is 7.27. The Hall–Kier alpha value is -1.55. The number of hydrogen-bond acceptors (Lipinski definition) is 4. The Morgan fingerprint density at radius 1 is 1.35 bits per heavy atom. The highest BCUT2D eigenvalue weighted by atomic mass is 16.5.